The Hall–Kier alpha value is -2.73. The molecule has 2 amide bonds. The molecular weight excluding hydrogens is 311 g/mol. The highest BCUT2D eigenvalue weighted by Crippen LogP contribution is 2.19. The number of hydrogen-bond donors (Lipinski definition) is 3. The van der Waals surface area contributed by atoms with E-state index in [1.54, 1.807) is 31.2 Å². The summed E-state index contributed by atoms with van der Waals surface area (Å²) in [7, 11) is 0. The van der Waals surface area contributed by atoms with Gasteiger partial charge in [-0.1, -0.05) is 18.2 Å². The number of benzene rings is 2. The fourth-order valence-electron chi connectivity index (χ4n) is 2.12. The van der Waals surface area contributed by atoms with Crippen molar-refractivity contribution in [3.8, 4) is 0 Å². The molecule has 0 aromatic heterocycles. The number of anilines is 1. The zero-order chi connectivity index (χ0) is 17.5. The van der Waals surface area contributed by atoms with E-state index < -0.39 is 11.7 Å². The third-order valence-corrected chi connectivity index (χ3v) is 3.49. The van der Waals surface area contributed by atoms with Gasteiger partial charge in [-0.05, 0) is 43.2 Å². The van der Waals surface area contributed by atoms with E-state index in [-0.39, 0.29) is 18.1 Å². The van der Waals surface area contributed by atoms with Crippen LogP contribution in [0, 0.1) is 12.7 Å². The van der Waals surface area contributed by atoms with Gasteiger partial charge in [0.05, 0.1) is 5.56 Å². The quantitative estimate of drug-likeness (QED) is 0.712. The average Bonchev–Trinajstić information content (AvgIpc) is 2.57. The second-order valence-electron chi connectivity index (χ2n) is 5.30. The number of nitrogens with one attached hydrogen (secondary N) is 2. The fourth-order valence-corrected chi connectivity index (χ4v) is 2.12. The van der Waals surface area contributed by atoms with Crippen LogP contribution in [0.1, 0.15) is 32.7 Å². The molecule has 0 aliphatic heterocycles. The Balaban J connectivity index is 2.15. The van der Waals surface area contributed by atoms with Crippen LogP contribution in [0.4, 0.5) is 10.1 Å². The summed E-state index contributed by atoms with van der Waals surface area (Å²) in [4.78, 5) is 24.2. The molecule has 0 bridgehead atoms. The Bertz CT molecular complexity index is 747. The van der Waals surface area contributed by atoms with Crippen molar-refractivity contribution in [3.05, 3.63) is 65.0 Å². The number of halogens is 1. The van der Waals surface area contributed by atoms with Gasteiger partial charge in [0.2, 0.25) is 0 Å². The zero-order valence-electron chi connectivity index (χ0n) is 13.3. The summed E-state index contributed by atoms with van der Waals surface area (Å²) >= 11 is 0. The van der Waals surface area contributed by atoms with E-state index >= 15 is 0 Å². The standard InChI is InChI=1S/C18H19FN2O3/c1-12-7-8-13(17(23)20-9-4-10-22)11-16(12)21-18(24)14-5-2-3-6-15(14)19/h2-3,5-8,11,22H,4,9-10H2,1H3,(H,20,23)(H,21,24). The Kier molecular flexibility index (Phi) is 6.03. The van der Waals surface area contributed by atoms with Crippen molar-refractivity contribution >= 4 is 17.5 Å². The summed E-state index contributed by atoms with van der Waals surface area (Å²) in [6.07, 6.45) is 0.467. The SMILES string of the molecule is Cc1ccc(C(=O)NCCCO)cc1NC(=O)c1ccccc1F. The number of amides is 2. The van der Waals surface area contributed by atoms with Crippen molar-refractivity contribution in [2.24, 2.45) is 0 Å². The summed E-state index contributed by atoms with van der Waals surface area (Å²) in [6, 6.07) is 10.6. The molecule has 0 saturated heterocycles. The van der Waals surface area contributed by atoms with Crippen LogP contribution in [0.25, 0.3) is 0 Å². The van der Waals surface area contributed by atoms with Gasteiger partial charge in [0.1, 0.15) is 5.82 Å². The number of rotatable bonds is 6. The maximum Gasteiger partial charge on any atom is 0.258 e. The number of carbonyl (C=O) groups is 2. The summed E-state index contributed by atoms with van der Waals surface area (Å²) in [6.45, 7) is 2.14. The summed E-state index contributed by atoms with van der Waals surface area (Å²) in [5.41, 5.74) is 1.52. The van der Waals surface area contributed by atoms with Crippen LogP contribution in [0.5, 0.6) is 0 Å². The molecule has 2 aromatic carbocycles. The van der Waals surface area contributed by atoms with E-state index in [1.165, 1.54) is 18.2 Å². The predicted molar refractivity (Wildman–Crippen MR) is 89.6 cm³/mol. The van der Waals surface area contributed by atoms with Crippen LogP contribution >= 0.6 is 0 Å². The molecule has 0 atom stereocenters. The van der Waals surface area contributed by atoms with Gasteiger partial charge in [0, 0.05) is 24.4 Å². The van der Waals surface area contributed by atoms with E-state index in [1.807, 2.05) is 0 Å². The van der Waals surface area contributed by atoms with Crippen LogP contribution in [0.15, 0.2) is 42.5 Å². The molecule has 0 spiro atoms. The normalized spacial score (nSPS) is 10.3. The van der Waals surface area contributed by atoms with E-state index in [4.69, 9.17) is 5.11 Å². The van der Waals surface area contributed by atoms with Crippen molar-refractivity contribution in [1.29, 1.82) is 0 Å². The average molecular weight is 330 g/mol. The Morgan fingerprint density at radius 2 is 1.88 bits per heavy atom. The van der Waals surface area contributed by atoms with Gasteiger partial charge in [-0.2, -0.15) is 0 Å². The van der Waals surface area contributed by atoms with Gasteiger partial charge in [-0.3, -0.25) is 9.59 Å². The molecule has 5 nitrogen and oxygen atoms in total. The maximum atomic E-state index is 13.7. The van der Waals surface area contributed by atoms with Gasteiger partial charge in [0.25, 0.3) is 11.8 Å². The first-order valence-electron chi connectivity index (χ1n) is 7.58. The Morgan fingerprint density at radius 3 is 2.58 bits per heavy atom. The Labute approximate surface area is 139 Å². The first-order chi connectivity index (χ1) is 11.5. The fraction of sp³-hybridized carbons (Fsp3) is 0.222. The lowest BCUT2D eigenvalue weighted by Gasteiger charge is -2.11. The summed E-state index contributed by atoms with van der Waals surface area (Å²) in [5, 5.41) is 14.0. The molecule has 2 rings (SSSR count). The van der Waals surface area contributed by atoms with Crippen molar-refractivity contribution < 1.29 is 19.1 Å². The third kappa shape index (κ3) is 4.39. The monoisotopic (exact) mass is 330 g/mol. The van der Waals surface area contributed by atoms with Crippen LogP contribution in [-0.4, -0.2) is 30.1 Å². The van der Waals surface area contributed by atoms with E-state index in [9.17, 15) is 14.0 Å². The highest BCUT2D eigenvalue weighted by molar-refractivity contribution is 6.05. The molecule has 0 aliphatic rings. The molecule has 2 aromatic rings. The van der Waals surface area contributed by atoms with Crippen LogP contribution < -0.4 is 10.6 Å². The lowest BCUT2D eigenvalue weighted by molar-refractivity contribution is 0.0949. The van der Waals surface area contributed by atoms with Gasteiger partial charge >= 0.3 is 0 Å². The maximum absolute atomic E-state index is 13.7. The first kappa shape index (κ1) is 17.6. The molecule has 0 radical (unpaired) electrons. The van der Waals surface area contributed by atoms with Gasteiger partial charge < -0.3 is 15.7 Å². The van der Waals surface area contributed by atoms with E-state index in [0.29, 0.717) is 24.2 Å². The third-order valence-electron chi connectivity index (χ3n) is 3.49. The predicted octanol–water partition coefficient (Wildman–Crippen LogP) is 2.50. The zero-order valence-corrected chi connectivity index (χ0v) is 13.3. The molecule has 0 unspecified atom stereocenters. The number of carbonyl (C=O) groups excluding carboxylic acids is 2. The topological polar surface area (TPSA) is 78.4 Å². The molecule has 0 aliphatic carbocycles. The smallest absolute Gasteiger partial charge is 0.258 e. The van der Waals surface area contributed by atoms with E-state index in [0.717, 1.165) is 5.56 Å². The van der Waals surface area contributed by atoms with E-state index in [2.05, 4.69) is 10.6 Å². The van der Waals surface area contributed by atoms with Crippen molar-refractivity contribution in [2.45, 2.75) is 13.3 Å². The largest absolute Gasteiger partial charge is 0.396 e. The Morgan fingerprint density at radius 1 is 1.12 bits per heavy atom. The lowest BCUT2D eigenvalue weighted by atomic mass is 10.1. The minimum absolute atomic E-state index is 0.00186. The first-order valence-corrected chi connectivity index (χ1v) is 7.58. The summed E-state index contributed by atoms with van der Waals surface area (Å²) < 4.78 is 13.7. The van der Waals surface area contributed by atoms with Crippen LogP contribution in [0.2, 0.25) is 0 Å². The van der Waals surface area contributed by atoms with Crippen LogP contribution in [0.3, 0.4) is 0 Å². The van der Waals surface area contributed by atoms with Crippen LogP contribution in [-0.2, 0) is 0 Å². The molecule has 0 heterocycles. The minimum atomic E-state index is -0.606. The molecular formula is C18H19FN2O3. The number of aryl methyl sites for hydroxylation is 1. The molecule has 6 heteroatoms. The second kappa shape index (κ2) is 8.21. The van der Waals surface area contributed by atoms with Gasteiger partial charge in [-0.15, -0.1) is 0 Å². The highest BCUT2D eigenvalue weighted by Gasteiger charge is 2.14. The summed E-state index contributed by atoms with van der Waals surface area (Å²) in [5.74, 6) is -1.48. The van der Waals surface area contributed by atoms with Crippen molar-refractivity contribution in [3.63, 3.8) is 0 Å². The second-order valence-corrected chi connectivity index (χ2v) is 5.30. The highest BCUT2D eigenvalue weighted by atomic mass is 19.1. The molecule has 126 valence electrons. The number of aliphatic hydroxyl groups excluding tert-OH is 1. The van der Waals surface area contributed by atoms with Crippen molar-refractivity contribution in [1.82, 2.24) is 5.32 Å². The number of aliphatic hydroxyl groups is 1. The van der Waals surface area contributed by atoms with Gasteiger partial charge in [0.15, 0.2) is 0 Å². The molecule has 0 fully saturated rings. The lowest BCUT2D eigenvalue weighted by Crippen LogP contribution is -2.25. The molecule has 24 heavy (non-hydrogen) atoms. The van der Waals surface area contributed by atoms with Crippen molar-refractivity contribution in [2.75, 3.05) is 18.5 Å². The molecule has 0 saturated carbocycles. The number of hydrogen-bond acceptors (Lipinski definition) is 3. The molecule has 3 N–H and O–H groups in total. The minimum Gasteiger partial charge on any atom is -0.396 e. The van der Waals surface area contributed by atoms with Gasteiger partial charge in [-0.25, -0.2) is 4.39 Å².